The highest BCUT2D eigenvalue weighted by molar-refractivity contribution is 5.48. The van der Waals surface area contributed by atoms with Crippen LogP contribution in [0.25, 0.3) is 4.85 Å². The predicted octanol–water partition coefficient (Wildman–Crippen LogP) is 3.83. The minimum Gasteiger partial charge on any atom is -0.457 e. The van der Waals surface area contributed by atoms with E-state index in [2.05, 4.69) is 4.85 Å². The van der Waals surface area contributed by atoms with Gasteiger partial charge in [0.15, 0.2) is 5.69 Å². The monoisotopic (exact) mass is 239 g/mol. The number of ether oxygens (including phenoxy) is 1. The maximum absolute atomic E-state index is 9.19. The van der Waals surface area contributed by atoms with E-state index < -0.39 is 0 Å². The zero-order valence-electron chi connectivity index (χ0n) is 10.1. The highest BCUT2D eigenvalue weighted by Gasteiger charge is 2.02. The summed E-state index contributed by atoms with van der Waals surface area (Å²) in [6, 6.07) is 12.5. The molecule has 0 bridgehead atoms. The van der Waals surface area contributed by atoms with Crippen LogP contribution >= 0.6 is 0 Å². The standard InChI is InChI=1S/C15H13NO2/c1-11-3-6-15(9-12(11)10-17)18-14-7-4-13(16-2)5-8-14/h3-9,17H,10H2,1H3. The van der Waals surface area contributed by atoms with E-state index in [-0.39, 0.29) is 6.61 Å². The van der Waals surface area contributed by atoms with Crippen molar-refractivity contribution in [2.75, 3.05) is 0 Å². The van der Waals surface area contributed by atoms with Crippen molar-refractivity contribution in [3.05, 3.63) is 65.0 Å². The smallest absolute Gasteiger partial charge is 0.187 e. The van der Waals surface area contributed by atoms with Crippen molar-refractivity contribution in [1.82, 2.24) is 0 Å². The highest BCUT2D eigenvalue weighted by Crippen LogP contribution is 2.25. The summed E-state index contributed by atoms with van der Waals surface area (Å²) in [5, 5.41) is 9.19. The molecular formula is C15H13NO2. The number of aryl methyl sites for hydroxylation is 1. The van der Waals surface area contributed by atoms with E-state index in [0.29, 0.717) is 17.2 Å². The number of hydrogen-bond acceptors (Lipinski definition) is 2. The minimum absolute atomic E-state index is 0.000303. The molecule has 0 saturated heterocycles. The normalized spacial score (nSPS) is 9.83. The quantitative estimate of drug-likeness (QED) is 0.826. The largest absolute Gasteiger partial charge is 0.457 e. The van der Waals surface area contributed by atoms with Crippen molar-refractivity contribution >= 4 is 5.69 Å². The Kier molecular flexibility index (Phi) is 3.61. The number of benzene rings is 2. The molecule has 0 radical (unpaired) electrons. The van der Waals surface area contributed by atoms with Crippen LogP contribution in [0.15, 0.2) is 42.5 Å². The van der Waals surface area contributed by atoms with E-state index in [1.165, 1.54) is 0 Å². The van der Waals surface area contributed by atoms with Gasteiger partial charge in [0, 0.05) is 0 Å². The Morgan fingerprint density at radius 3 is 2.39 bits per heavy atom. The molecule has 0 fully saturated rings. The first-order valence-electron chi connectivity index (χ1n) is 5.58. The van der Waals surface area contributed by atoms with E-state index in [1.54, 1.807) is 24.3 Å². The Morgan fingerprint density at radius 1 is 1.11 bits per heavy atom. The van der Waals surface area contributed by atoms with E-state index in [1.807, 2.05) is 25.1 Å². The van der Waals surface area contributed by atoms with Crippen LogP contribution in [-0.2, 0) is 6.61 Å². The van der Waals surface area contributed by atoms with Crippen molar-refractivity contribution in [3.63, 3.8) is 0 Å². The van der Waals surface area contributed by atoms with Crippen molar-refractivity contribution < 1.29 is 9.84 Å². The Hall–Kier alpha value is -2.31. The molecule has 1 N–H and O–H groups in total. The van der Waals surface area contributed by atoms with Crippen LogP contribution in [0.1, 0.15) is 11.1 Å². The van der Waals surface area contributed by atoms with E-state index in [4.69, 9.17) is 11.3 Å². The van der Waals surface area contributed by atoms with Crippen LogP contribution < -0.4 is 4.74 Å². The van der Waals surface area contributed by atoms with Crippen LogP contribution in [-0.4, -0.2) is 5.11 Å². The molecule has 18 heavy (non-hydrogen) atoms. The van der Waals surface area contributed by atoms with Crippen LogP contribution in [0.2, 0.25) is 0 Å². The number of nitrogens with zero attached hydrogens (tertiary/aromatic N) is 1. The fourth-order valence-electron chi connectivity index (χ4n) is 1.61. The summed E-state index contributed by atoms with van der Waals surface area (Å²) in [6.45, 7) is 8.81. The molecule has 3 nitrogen and oxygen atoms in total. The Bertz CT molecular complexity index is 582. The Balaban J connectivity index is 2.20. The van der Waals surface area contributed by atoms with Crippen molar-refractivity contribution in [1.29, 1.82) is 0 Å². The molecule has 0 aromatic heterocycles. The molecule has 0 spiro atoms. The van der Waals surface area contributed by atoms with Crippen LogP contribution in [0.5, 0.6) is 11.5 Å². The van der Waals surface area contributed by atoms with E-state index in [9.17, 15) is 5.11 Å². The van der Waals surface area contributed by atoms with Gasteiger partial charge in [-0.3, -0.25) is 0 Å². The summed E-state index contributed by atoms with van der Waals surface area (Å²) in [5.41, 5.74) is 2.47. The molecule has 0 aliphatic heterocycles. The second-order valence-electron chi connectivity index (χ2n) is 3.95. The molecule has 3 heteroatoms. The van der Waals surface area contributed by atoms with Gasteiger partial charge in [0.2, 0.25) is 0 Å². The predicted molar refractivity (Wildman–Crippen MR) is 69.9 cm³/mol. The van der Waals surface area contributed by atoms with Gasteiger partial charge < -0.3 is 9.84 Å². The van der Waals surface area contributed by atoms with Crippen LogP contribution in [0.4, 0.5) is 5.69 Å². The number of aliphatic hydroxyl groups is 1. The minimum atomic E-state index is -0.000303. The fourth-order valence-corrected chi connectivity index (χ4v) is 1.61. The highest BCUT2D eigenvalue weighted by atomic mass is 16.5. The average Bonchev–Trinajstić information content (AvgIpc) is 2.42. The lowest BCUT2D eigenvalue weighted by Gasteiger charge is -2.08. The SMILES string of the molecule is [C-]#[N+]c1ccc(Oc2ccc(C)c(CO)c2)cc1. The van der Waals surface area contributed by atoms with E-state index >= 15 is 0 Å². The molecule has 0 unspecified atom stereocenters. The second kappa shape index (κ2) is 5.35. The van der Waals surface area contributed by atoms with Gasteiger partial charge in [0.25, 0.3) is 0 Å². The van der Waals surface area contributed by atoms with Gasteiger partial charge in [0.05, 0.1) is 13.2 Å². The van der Waals surface area contributed by atoms with Crippen molar-refractivity contribution in [2.45, 2.75) is 13.5 Å². The molecule has 2 aromatic carbocycles. The van der Waals surface area contributed by atoms with Crippen molar-refractivity contribution in [3.8, 4) is 11.5 Å². The third-order valence-electron chi connectivity index (χ3n) is 2.69. The molecule has 0 atom stereocenters. The molecule has 2 aromatic rings. The summed E-state index contributed by atoms with van der Waals surface area (Å²) in [5.74, 6) is 1.36. The third-order valence-corrected chi connectivity index (χ3v) is 2.69. The Morgan fingerprint density at radius 2 is 1.78 bits per heavy atom. The fraction of sp³-hybridized carbons (Fsp3) is 0.133. The van der Waals surface area contributed by atoms with Crippen LogP contribution in [0.3, 0.4) is 0 Å². The van der Waals surface area contributed by atoms with Crippen LogP contribution in [0, 0.1) is 13.5 Å². The van der Waals surface area contributed by atoms with Gasteiger partial charge in [-0.15, -0.1) is 0 Å². The molecule has 0 aliphatic carbocycles. The molecule has 0 saturated carbocycles. The van der Waals surface area contributed by atoms with Gasteiger partial charge >= 0.3 is 0 Å². The van der Waals surface area contributed by atoms with Gasteiger partial charge in [-0.05, 0) is 42.3 Å². The summed E-state index contributed by atoms with van der Waals surface area (Å²) in [6.07, 6.45) is 0. The zero-order chi connectivity index (χ0) is 13.0. The van der Waals surface area contributed by atoms with Crippen molar-refractivity contribution in [2.24, 2.45) is 0 Å². The topological polar surface area (TPSA) is 33.8 Å². The zero-order valence-corrected chi connectivity index (χ0v) is 10.1. The van der Waals surface area contributed by atoms with Gasteiger partial charge in [-0.2, -0.15) is 0 Å². The number of hydrogen-bond donors (Lipinski definition) is 1. The number of rotatable bonds is 3. The van der Waals surface area contributed by atoms with Gasteiger partial charge in [0.1, 0.15) is 11.5 Å². The summed E-state index contributed by atoms with van der Waals surface area (Å²) in [4.78, 5) is 3.32. The maximum atomic E-state index is 9.19. The molecule has 0 amide bonds. The molecular weight excluding hydrogens is 226 g/mol. The molecule has 0 heterocycles. The third kappa shape index (κ3) is 2.68. The first-order valence-corrected chi connectivity index (χ1v) is 5.58. The Labute approximate surface area is 106 Å². The van der Waals surface area contributed by atoms with Gasteiger partial charge in [-0.25, -0.2) is 4.85 Å². The number of aliphatic hydroxyl groups excluding tert-OH is 1. The average molecular weight is 239 g/mol. The van der Waals surface area contributed by atoms with Gasteiger partial charge in [-0.1, -0.05) is 18.2 Å². The lowest BCUT2D eigenvalue weighted by molar-refractivity contribution is 0.280. The lowest BCUT2D eigenvalue weighted by Crippen LogP contribution is -1.90. The maximum Gasteiger partial charge on any atom is 0.187 e. The summed E-state index contributed by atoms with van der Waals surface area (Å²) >= 11 is 0. The molecule has 90 valence electrons. The summed E-state index contributed by atoms with van der Waals surface area (Å²) in [7, 11) is 0. The van der Waals surface area contributed by atoms with E-state index in [0.717, 1.165) is 11.1 Å². The molecule has 0 aliphatic rings. The second-order valence-corrected chi connectivity index (χ2v) is 3.95. The first kappa shape index (κ1) is 12.2. The lowest BCUT2D eigenvalue weighted by atomic mass is 10.1. The summed E-state index contributed by atoms with van der Waals surface area (Å²) < 4.78 is 5.66. The molecule has 2 rings (SSSR count). The first-order chi connectivity index (χ1) is 8.72.